The van der Waals surface area contributed by atoms with Crippen LogP contribution in [0.2, 0.25) is 0 Å². The van der Waals surface area contributed by atoms with E-state index >= 15 is 0 Å². The van der Waals surface area contributed by atoms with Crippen LogP contribution in [0.3, 0.4) is 0 Å². The summed E-state index contributed by atoms with van der Waals surface area (Å²) in [4.78, 5) is 4.05. The highest BCUT2D eigenvalue weighted by Crippen LogP contribution is 2.12. The molecule has 3 nitrogen and oxygen atoms in total. The van der Waals surface area contributed by atoms with E-state index in [-0.39, 0.29) is 5.82 Å². The normalized spacial score (nSPS) is 12.7. The molecule has 4 heteroatoms. The van der Waals surface area contributed by atoms with Crippen molar-refractivity contribution in [3.05, 3.63) is 41.9 Å². The molecule has 0 unspecified atom stereocenters. The van der Waals surface area contributed by atoms with Crippen molar-refractivity contribution in [2.24, 2.45) is 10.7 Å². The van der Waals surface area contributed by atoms with Gasteiger partial charge in [-0.2, -0.15) is 0 Å². The van der Waals surface area contributed by atoms with Gasteiger partial charge in [0.15, 0.2) is 0 Å². The number of aliphatic imine (C=N–C) groups is 1. The smallest absolute Gasteiger partial charge is 0.125 e. The summed E-state index contributed by atoms with van der Waals surface area (Å²) in [6.07, 6.45) is 1.69. The van der Waals surface area contributed by atoms with E-state index in [2.05, 4.69) is 10.3 Å². The van der Waals surface area contributed by atoms with Crippen molar-refractivity contribution in [2.45, 2.75) is 6.92 Å². The van der Waals surface area contributed by atoms with Gasteiger partial charge in [0, 0.05) is 12.7 Å². The first-order valence-corrected chi connectivity index (χ1v) is 4.57. The van der Waals surface area contributed by atoms with E-state index in [1.54, 1.807) is 25.3 Å². The van der Waals surface area contributed by atoms with Crippen molar-refractivity contribution >= 4 is 11.5 Å². The predicted molar refractivity (Wildman–Crippen MR) is 60.5 cm³/mol. The number of nitrogens with one attached hydrogen (secondary N) is 1. The van der Waals surface area contributed by atoms with E-state index in [1.807, 2.05) is 6.92 Å². The molecule has 0 aliphatic carbocycles. The Bertz CT molecular complexity index is 397. The molecule has 0 heterocycles. The maximum absolute atomic E-state index is 12.8. The summed E-state index contributed by atoms with van der Waals surface area (Å²) >= 11 is 0. The van der Waals surface area contributed by atoms with Crippen molar-refractivity contribution in [3.8, 4) is 0 Å². The molecule has 0 aliphatic rings. The molecule has 1 aromatic carbocycles. The summed E-state index contributed by atoms with van der Waals surface area (Å²) in [5.74, 6) is 0.0193. The zero-order valence-corrected chi connectivity index (χ0v) is 8.79. The van der Waals surface area contributed by atoms with Gasteiger partial charge in [-0.15, -0.1) is 0 Å². The Morgan fingerprint density at radius 3 is 2.87 bits per heavy atom. The average Bonchev–Trinajstić information content (AvgIpc) is 2.17. The molecular formula is C11H14FN3. The Kier molecular flexibility index (Phi) is 3.85. The van der Waals surface area contributed by atoms with Gasteiger partial charge in [-0.25, -0.2) is 9.38 Å². The summed E-state index contributed by atoms with van der Waals surface area (Å²) in [5.41, 5.74) is 7.05. The van der Waals surface area contributed by atoms with E-state index in [0.717, 1.165) is 5.70 Å². The number of hydrogen-bond donors (Lipinski definition) is 2. The number of nitrogens with two attached hydrogens (primary N) is 1. The van der Waals surface area contributed by atoms with Gasteiger partial charge in [-0.1, -0.05) is 6.07 Å². The summed E-state index contributed by atoms with van der Waals surface area (Å²) < 4.78 is 12.8. The van der Waals surface area contributed by atoms with Crippen LogP contribution in [-0.4, -0.2) is 12.9 Å². The molecule has 0 saturated heterocycles. The summed E-state index contributed by atoms with van der Waals surface area (Å²) in [7, 11) is 1.79. The van der Waals surface area contributed by atoms with Gasteiger partial charge in [0.25, 0.3) is 0 Å². The molecule has 0 fully saturated rings. The number of nitrogens with zero attached hydrogens (tertiary/aromatic N) is 1. The van der Waals surface area contributed by atoms with E-state index < -0.39 is 0 Å². The van der Waals surface area contributed by atoms with Crippen LogP contribution < -0.4 is 11.1 Å². The van der Waals surface area contributed by atoms with Gasteiger partial charge in [-0.05, 0) is 31.2 Å². The Labute approximate surface area is 88.5 Å². The van der Waals surface area contributed by atoms with E-state index in [4.69, 9.17) is 5.73 Å². The lowest BCUT2D eigenvalue weighted by atomic mass is 10.3. The number of halogens is 1. The molecule has 0 radical (unpaired) electrons. The molecule has 1 rings (SSSR count). The Balaban J connectivity index is 2.88. The number of rotatable bonds is 3. The van der Waals surface area contributed by atoms with Crippen LogP contribution in [0.25, 0.3) is 0 Å². The van der Waals surface area contributed by atoms with Crippen LogP contribution in [0.5, 0.6) is 0 Å². The Morgan fingerprint density at radius 1 is 1.53 bits per heavy atom. The second-order valence-corrected chi connectivity index (χ2v) is 3.09. The number of benzene rings is 1. The van der Waals surface area contributed by atoms with Gasteiger partial charge in [0.1, 0.15) is 11.7 Å². The quantitative estimate of drug-likeness (QED) is 0.588. The molecular weight excluding hydrogens is 193 g/mol. The first-order chi connectivity index (χ1) is 7.11. The second-order valence-electron chi connectivity index (χ2n) is 3.09. The fourth-order valence-electron chi connectivity index (χ4n) is 1.02. The highest BCUT2D eigenvalue weighted by atomic mass is 19.1. The topological polar surface area (TPSA) is 50.4 Å². The van der Waals surface area contributed by atoms with Gasteiger partial charge >= 0.3 is 0 Å². The van der Waals surface area contributed by atoms with E-state index in [1.165, 1.54) is 12.1 Å². The molecule has 0 saturated carbocycles. The maximum Gasteiger partial charge on any atom is 0.125 e. The molecule has 0 amide bonds. The van der Waals surface area contributed by atoms with Crippen molar-refractivity contribution in [1.29, 1.82) is 0 Å². The van der Waals surface area contributed by atoms with Crippen molar-refractivity contribution in [3.63, 3.8) is 0 Å². The standard InChI is InChI=1S/C11H14FN3/c1-8(14-2)6-11(13)15-10-5-3-4-9(12)7-10/h3-7,14H,1-2H3,(H2,13,15)/b8-6-. The summed E-state index contributed by atoms with van der Waals surface area (Å²) in [6.45, 7) is 1.87. The lowest BCUT2D eigenvalue weighted by molar-refractivity contribution is 0.628. The van der Waals surface area contributed by atoms with Gasteiger partial charge < -0.3 is 11.1 Å². The van der Waals surface area contributed by atoms with Crippen molar-refractivity contribution < 1.29 is 4.39 Å². The molecule has 80 valence electrons. The second kappa shape index (κ2) is 5.14. The van der Waals surface area contributed by atoms with Crippen LogP contribution in [-0.2, 0) is 0 Å². The zero-order chi connectivity index (χ0) is 11.3. The molecule has 1 aromatic rings. The van der Waals surface area contributed by atoms with Gasteiger partial charge in [-0.3, -0.25) is 0 Å². The third-order valence-corrected chi connectivity index (χ3v) is 1.83. The zero-order valence-electron chi connectivity index (χ0n) is 8.79. The first-order valence-electron chi connectivity index (χ1n) is 4.57. The monoisotopic (exact) mass is 207 g/mol. The fourth-order valence-corrected chi connectivity index (χ4v) is 1.02. The largest absolute Gasteiger partial charge is 0.392 e. The summed E-state index contributed by atoms with van der Waals surface area (Å²) in [5, 5.41) is 2.92. The lowest BCUT2D eigenvalue weighted by Gasteiger charge is -1.99. The minimum absolute atomic E-state index is 0.321. The minimum atomic E-state index is -0.321. The minimum Gasteiger partial charge on any atom is -0.392 e. The van der Waals surface area contributed by atoms with Gasteiger partial charge in [0.2, 0.25) is 0 Å². The van der Waals surface area contributed by atoms with Crippen LogP contribution in [0.1, 0.15) is 6.92 Å². The molecule has 0 atom stereocenters. The highest BCUT2D eigenvalue weighted by molar-refractivity contribution is 5.93. The average molecular weight is 207 g/mol. The maximum atomic E-state index is 12.8. The Hall–Kier alpha value is -1.84. The molecule has 15 heavy (non-hydrogen) atoms. The molecule has 0 aromatic heterocycles. The van der Waals surface area contributed by atoms with E-state index in [0.29, 0.717) is 11.5 Å². The predicted octanol–water partition coefficient (Wildman–Crippen LogP) is 1.94. The number of amidine groups is 1. The third kappa shape index (κ3) is 3.81. The molecule has 3 N–H and O–H groups in total. The van der Waals surface area contributed by atoms with Gasteiger partial charge in [0.05, 0.1) is 5.69 Å². The first kappa shape index (κ1) is 11.2. The van der Waals surface area contributed by atoms with Crippen molar-refractivity contribution in [1.82, 2.24) is 5.32 Å². The number of allylic oxidation sites excluding steroid dienone is 1. The number of hydrogen-bond acceptors (Lipinski definition) is 2. The third-order valence-electron chi connectivity index (χ3n) is 1.83. The Morgan fingerprint density at radius 2 is 2.27 bits per heavy atom. The SMILES string of the molecule is CN/C(C)=C\C(N)=Nc1cccc(F)c1. The molecule has 0 aliphatic heterocycles. The van der Waals surface area contributed by atoms with Crippen LogP contribution in [0.4, 0.5) is 10.1 Å². The van der Waals surface area contributed by atoms with Crippen LogP contribution in [0.15, 0.2) is 41.0 Å². The van der Waals surface area contributed by atoms with Crippen LogP contribution >= 0.6 is 0 Å². The van der Waals surface area contributed by atoms with E-state index in [9.17, 15) is 4.39 Å². The highest BCUT2D eigenvalue weighted by Gasteiger charge is 1.94. The molecule has 0 bridgehead atoms. The fraction of sp³-hybridized carbons (Fsp3) is 0.182. The van der Waals surface area contributed by atoms with Crippen molar-refractivity contribution in [2.75, 3.05) is 7.05 Å². The van der Waals surface area contributed by atoms with Crippen LogP contribution in [0, 0.1) is 5.82 Å². The molecule has 0 spiro atoms. The summed E-state index contributed by atoms with van der Waals surface area (Å²) in [6, 6.07) is 5.98. The lowest BCUT2D eigenvalue weighted by Crippen LogP contribution is -2.12.